The van der Waals surface area contributed by atoms with E-state index in [9.17, 15) is 0 Å². The smallest absolute Gasteiger partial charge is 0.156 e. The summed E-state index contributed by atoms with van der Waals surface area (Å²) < 4.78 is 0. The van der Waals surface area contributed by atoms with E-state index in [1.54, 1.807) is 0 Å². The molecule has 1 N–H and O–H groups in total. The molecule has 1 spiro atoms. The number of rotatable bonds is 3. The quantitative estimate of drug-likeness (QED) is 0.834. The maximum absolute atomic E-state index is 4.83. The van der Waals surface area contributed by atoms with Gasteiger partial charge in [-0.25, -0.2) is 0 Å². The van der Waals surface area contributed by atoms with Crippen molar-refractivity contribution in [3.63, 3.8) is 0 Å². The molecule has 3 heteroatoms. The van der Waals surface area contributed by atoms with Crippen molar-refractivity contribution in [3.05, 3.63) is 0 Å². The van der Waals surface area contributed by atoms with Gasteiger partial charge in [-0.2, -0.15) is 0 Å². The van der Waals surface area contributed by atoms with E-state index in [1.165, 1.54) is 49.4 Å². The molecule has 1 aliphatic carbocycles. The summed E-state index contributed by atoms with van der Waals surface area (Å²) in [5.74, 6) is 2.00. The van der Waals surface area contributed by atoms with Crippen LogP contribution in [-0.4, -0.2) is 23.5 Å². The molecule has 0 amide bonds. The van der Waals surface area contributed by atoms with Crippen molar-refractivity contribution >= 4 is 16.9 Å². The largest absolute Gasteiger partial charge is 0.362 e. The average molecular weight is 268 g/mol. The molecule has 2 atom stereocenters. The van der Waals surface area contributed by atoms with E-state index in [4.69, 9.17) is 4.99 Å². The molecule has 18 heavy (non-hydrogen) atoms. The van der Waals surface area contributed by atoms with Crippen molar-refractivity contribution in [1.29, 1.82) is 0 Å². The zero-order chi connectivity index (χ0) is 13.0. The number of amidine groups is 1. The number of aliphatic imine (C=N–C) groups is 1. The summed E-state index contributed by atoms with van der Waals surface area (Å²) in [6.07, 6.45) is 8.31. The minimum Gasteiger partial charge on any atom is -0.362 e. The molecule has 0 aromatic heterocycles. The molecule has 0 aromatic carbocycles. The summed E-state index contributed by atoms with van der Waals surface area (Å²) in [7, 11) is 0. The number of nitrogens with zero attached hydrogens (tertiary/aromatic N) is 1. The number of hydrogen-bond donors (Lipinski definition) is 1. The van der Waals surface area contributed by atoms with Gasteiger partial charge >= 0.3 is 0 Å². The molecule has 0 radical (unpaired) electrons. The molecule has 1 aliphatic heterocycles. The SMILES string of the molecule is CCC(C)C(C)NC1=NCC2(CCCCC2)CS1. The molecule has 2 unspecified atom stereocenters. The van der Waals surface area contributed by atoms with Gasteiger partial charge in [-0.1, -0.05) is 51.3 Å². The van der Waals surface area contributed by atoms with Crippen molar-refractivity contribution in [2.75, 3.05) is 12.3 Å². The Bertz CT molecular complexity index is 295. The summed E-state index contributed by atoms with van der Waals surface area (Å²) >= 11 is 1.96. The Balaban J connectivity index is 1.86. The molecule has 0 aromatic rings. The Morgan fingerprint density at radius 2 is 2.00 bits per heavy atom. The number of thioether (sulfide) groups is 1. The van der Waals surface area contributed by atoms with Gasteiger partial charge in [0.15, 0.2) is 5.17 Å². The monoisotopic (exact) mass is 268 g/mol. The lowest BCUT2D eigenvalue weighted by atomic mass is 9.75. The first-order chi connectivity index (χ1) is 8.65. The molecule has 2 nitrogen and oxygen atoms in total. The molecule has 1 heterocycles. The lowest BCUT2D eigenvalue weighted by Crippen LogP contribution is -2.41. The van der Waals surface area contributed by atoms with Gasteiger partial charge in [0.25, 0.3) is 0 Å². The molecule has 2 aliphatic rings. The summed E-state index contributed by atoms with van der Waals surface area (Å²) in [5, 5.41) is 4.80. The van der Waals surface area contributed by atoms with E-state index in [1.807, 2.05) is 11.8 Å². The van der Waals surface area contributed by atoms with Crippen LogP contribution in [0.1, 0.15) is 59.3 Å². The highest BCUT2D eigenvalue weighted by molar-refractivity contribution is 8.13. The zero-order valence-electron chi connectivity index (χ0n) is 12.2. The van der Waals surface area contributed by atoms with Gasteiger partial charge in [-0.3, -0.25) is 4.99 Å². The first-order valence-electron chi connectivity index (χ1n) is 7.59. The van der Waals surface area contributed by atoms with Gasteiger partial charge in [0.2, 0.25) is 0 Å². The topological polar surface area (TPSA) is 24.4 Å². The van der Waals surface area contributed by atoms with Crippen molar-refractivity contribution < 1.29 is 0 Å². The summed E-state index contributed by atoms with van der Waals surface area (Å²) in [6, 6.07) is 0.543. The van der Waals surface area contributed by atoms with Crippen LogP contribution in [0.3, 0.4) is 0 Å². The van der Waals surface area contributed by atoms with Crippen LogP contribution in [-0.2, 0) is 0 Å². The average Bonchev–Trinajstić information content (AvgIpc) is 2.41. The van der Waals surface area contributed by atoms with Crippen LogP contribution in [0.15, 0.2) is 4.99 Å². The van der Waals surface area contributed by atoms with E-state index in [0.717, 1.165) is 12.5 Å². The fourth-order valence-electron chi connectivity index (χ4n) is 2.93. The van der Waals surface area contributed by atoms with Crippen LogP contribution >= 0.6 is 11.8 Å². The third-order valence-corrected chi connectivity index (χ3v) is 6.11. The Morgan fingerprint density at radius 3 is 2.56 bits per heavy atom. The van der Waals surface area contributed by atoms with Crippen LogP contribution in [0.2, 0.25) is 0 Å². The Kier molecular flexibility index (Phi) is 4.99. The minimum absolute atomic E-state index is 0.543. The minimum atomic E-state index is 0.543. The van der Waals surface area contributed by atoms with E-state index < -0.39 is 0 Å². The first-order valence-corrected chi connectivity index (χ1v) is 8.57. The maximum Gasteiger partial charge on any atom is 0.156 e. The highest BCUT2D eigenvalue weighted by Gasteiger charge is 2.35. The Labute approximate surface area is 116 Å². The summed E-state index contributed by atoms with van der Waals surface area (Å²) in [4.78, 5) is 4.83. The normalized spacial score (nSPS) is 26.5. The predicted octanol–water partition coefficient (Wildman–Crippen LogP) is 4.06. The third kappa shape index (κ3) is 3.43. The van der Waals surface area contributed by atoms with Crippen LogP contribution in [0.5, 0.6) is 0 Å². The van der Waals surface area contributed by atoms with E-state index in [2.05, 4.69) is 26.1 Å². The second-order valence-electron chi connectivity index (χ2n) is 6.29. The van der Waals surface area contributed by atoms with E-state index in [-0.39, 0.29) is 0 Å². The standard InChI is InChI=1S/C15H28N2S/c1-4-12(2)13(3)17-14-16-10-15(11-18-14)8-6-5-7-9-15/h12-13H,4-11H2,1-3H3,(H,16,17). The molecule has 104 valence electrons. The number of hydrogen-bond acceptors (Lipinski definition) is 3. The van der Waals surface area contributed by atoms with Crippen LogP contribution in [0.4, 0.5) is 0 Å². The maximum atomic E-state index is 4.83. The molecular formula is C15H28N2S. The second kappa shape index (κ2) is 6.31. The molecular weight excluding hydrogens is 240 g/mol. The van der Waals surface area contributed by atoms with Gasteiger partial charge in [-0.05, 0) is 31.1 Å². The fourth-order valence-corrected chi connectivity index (χ4v) is 4.18. The van der Waals surface area contributed by atoms with Crippen molar-refractivity contribution in [1.82, 2.24) is 5.32 Å². The Hall–Kier alpha value is -0.180. The molecule has 1 fully saturated rings. The highest BCUT2D eigenvalue weighted by Crippen LogP contribution is 2.41. The molecule has 1 saturated carbocycles. The van der Waals surface area contributed by atoms with Gasteiger partial charge in [0, 0.05) is 18.3 Å². The van der Waals surface area contributed by atoms with Crippen LogP contribution < -0.4 is 5.32 Å². The lowest BCUT2D eigenvalue weighted by molar-refractivity contribution is 0.232. The molecule has 2 rings (SSSR count). The fraction of sp³-hybridized carbons (Fsp3) is 0.933. The summed E-state index contributed by atoms with van der Waals surface area (Å²) in [5.41, 5.74) is 0.549. The van der Waals surface area contributed by atoms with Gasteiger partial charge in [0.05, 0.1) is 0 Å². The highest BCUT2D eigenvalue weighted by atomic mass is 32.2. The number of nitrogens with one attached hydrogen (secondary N) is 1. The van der Waals surface area contributed by atoms with Gasteiger partial charge in [-0.15, -0.1) is 0 Å². The van der Waals surface area contributed by atoms with Crippen LogP contribution in [0.25, 0.3) is 0 Å². The lowest BCUT2D eigenvalue weighted by Gasteiger charge is -2.39. The van der Waals surface area contributed by atoms with Gasteiger partial charge in [0.1, 0.15) is 0 Å². The van der Waals surface area contributed by atoms with Gasteiger partial charge < -0.3 is 5.32 Å². The van der Waals surface area contributed by atoms with Crippen molar-refractivity contribution in [2.45, 2.75) is 65.3 Å². The third-order valence-electron chi connectivity index (χ3n) is 4.84. The summed E-state index contributed by atoms with van der Waals surface area (Å²) in [6.45, 7) is 7.92. The second-order valence-corrected chi connectivity index (χ2v) is 7.25. The van der Waals surface area contributed by atoms with E-state index >= 15 is 0 Å². The van der Waals surface area contributed by atoms with Crippen molar-refractivity contribution in [2.24, 2.45) is 16.3 Å². The zero-order valence-corrected chi connectivity index (χ0v) is 13.0. The molecule has 0 bridgehead atoms. The van der Waals surface area contributed by atoms with Crippen LogP contribution in [0, 0.1) is 11.3 Å². The molecule has 0 saturated heterocycles. The van der Waals surface area contributed by atoms with Crippen molar-refractivity contribution in [3.8, 4) is 0 Å². The van der Waals surface area contributed by atoms with E-state index in [0.29, 0.717) is 11.5 Å². The predicted molar refractivity (Wildman–Crippen MR) is 82.3 cm³/mol. The first kappa shape index (κ1) is 14.2. The Morgan fingerprint density at radius 1 is 1.28 bits per heavy atom.